The molecule has 178 valence electrons. The summed E-state index contributed by atoms with van der Waals surface area (Å²) < 4.78 is 15.0. The molecule has 1 heterocycles. The number of halogens is 1. The lowest BCUT2D eigenvalue weighted by Gasteiger charge is -2.29. The van der Waals surface area contributed by atoms with Gasteiger partial charge >= 0.3 is 0 Å². The van der Waals surface area contributed by atoms with Gasteiger partial charge in [0.2, 0.25) is 5.91 Å². The molecule has 0 spiro atoms. The first kappa shape index (κ1) is 25.8. The smallest absolute Gasteiger partial charge is 0.294 e. The summed E-state index contributed by atoms with van der Waals surface area (Å²) in [5.41, 5.74) is 1.27. The maximum Gasteiger partial charge on any atom is 0.294 e. The van der Waals surface area contributed by atoms with Gasteiger partial charge in [-0.3, -0.25) is 19.2 Å². The molecule has 3 N–H and O–H groups in total. The first-order valence-electron chi connectivity index (χ1n) is 10.5. The molecule has 0 fully saturated rings. The number of Topliss-reactive ketones (excluding diaryl/α,β-unsaturated/α-hetero) is 1. The molecular formula is C24H31FN4O4. The number of hydrogen-bond donors (Lipinski definition) is 3. The van der Waals surface area contributed by atoms with E-state index in [0.717, 1.165) is 0 Å². The Kier molecular flexibility index (Phi) is 7.46. The number of benzene rings is 1. The van der Waals surface area contributed by atoms with E-state index in [0.29, 0.717) is 22.5 Å². The Morgan fingerprint density at radius 3 is 2.18 bits per heavy atom. The lowest BCUT2D eigenvalue weighted by atomic mass is 9.86. The fourth-order valence-electron chi connectivity index (χ4n) is 3.67. The quantitative estimate of drug-likeness (QED) is 0.457. The molecule has 1 aromatic heterocycles. The Bertz CT molecular complexity index is 1130. The zero-order valence-corrected chi connectivity index (χ0v) is 20.3. The van der Waals surface area contributed by atoms with E-state index in [2.05, 4.69) is 16.0 Å². The van der Waals surface area contributed by atoms with Crippen LogP contribution in [0.4, 0.5) is 10.1 Å². The lowest BCUT2D eigenvalue weighted by molar-refractivity contribution is -0.129. The molecule has 33 heavy (non-hydrogen) atoms. The summed E-state index contributed by atoms with van der Waals surface area (Å²) in [6, 6.07) is 3.28. The van der Waals surface area contributed by atoms with Gasteiger partial charge in [-0.15, -0.1) is 0 Å². The van der Waals surface area contributed by atoms with Crippen molar-refractivity contribution >= 4 is 29.2 Å². The lowest BCUT2D eigenvalue weighted by Crippen LogP contribution is -2.54. The average molecular weight is 459 g/mol. The number of rotatable bonds is 6. The van der Waals surface area contributed by atoms with Crippen LogP contribution in [-0.2, 0) is 16.6 Å². The summed E-state index contributed by atoms with van der Waals surface area (Å²) in [6.45, 7) is 10.1. The van der Waals surface area contributed by atoms with E-state index >= 15 is 0 Å². The first-order chi connectivity index (χ1) is 15.2. The van der Waals surface area contributed by atoms with Crippen LogP contribution in [0, 0.1) is 32.0 Å². The molecule has 2 rings (SSSR count). The van der Waals surface area contributed by atoms with Gasteiger partial charge < -0.3 is 20.5 Å². The molecule has 1 atom stereocenters. The van der Waals surface area contributed by atoms with E-state index in [4.69, 9.17) is 0 Å². The Labute approximate surface area is 192 Å². The predicted molar refractivity (Wildman–Crippen MR) is 124 cm³/mol. The van der Waals surface area contributed by atoms with Gasteiger partial charge in [0.05, 0.1) is 11.3 Å². The summed E-state index contributed by atoms with van der Waals surface area (Å²) in [5.74, 6) is -3.08. The van der Waals surface area contributed by atoms with Crippen molar-refractivity contribution in [1.29, 1.82) is 0 Å². The van der Waals surface area contributed by atoms with Gasteiger partial charge in [-0.25, -0.2) is 4.39 Å². The van der Waals surface area contributed by atoms with E-state index < -0.39 is 35.0 Å². The van der Waals surface area contributed by atoms with E-state index in [-0.39, 0.29) is 17.1 Å². The molecule has 2 aromatic rings. The molecule has 0 aliphatic heterocycles. The monoisotopic (exact) mass is 458 g/mol. The van der Waals surface area contributed by atoms with Crippen LogP contribution >= 0.6 is 0 Å². The molecule has 3 amide bonds. The first-order valence-corrected chi connectivity index (χ1v) is 10.5. The number of aryl methyl sites for hydroxylation is 1. The Morgan fingerprint density at radius 1 is 1.06 bits per heavy atom. The van der Waals surface area contributed by atoms with Gasteiger partial charge in [0.1, 0.15) is 11.9 Å². The van der Waals surface area contributed by atoms with Crippen LogP contribution in [0.2, 0.25) is 0 Å². The fraction of sp³-hybridized carbons (Fsp3) is 0.417. The van der Waals surface area contributed by atoms with Gasteiger partial charge in [0.25, 0.3) is 17.6 Å². The van der Waals surface area contributed by atoms with Crippen molar-refractivity contribution in [3.63, 3.8) is 0 Å². The van der Waals surface area contributed by atoms with Crippen LogP contribution < -0.4 is 16.0 Å². The molecule has 8 nitrogen and oxygen atoms in total. The number of amides is 3. The normalized spacial score (nSPS) is 12.2. The second kappa shape index (κ2) is 9.56. The molecule has 0 aliphatic rings. The van der Waals surface area contributed by atoms with Gasteiger partial charge in [0, 0.05) is 25.5 Å². The van der Waals surface area contributed by atoms with Gasteiger partial charge in [-0.1, -0.05) is 20.8 Å². The standard InChI is InChI=1S/C24H31FN4O4/c1-12-11-15(9-10-16(12)25)27-21(31)17-13(2)18(29(8)14(17)3)19(30)22(32)28-20(23(33)26-7)24(4,5)6/h9-11,20H,1-8H3,(H,26,33)(H,27,31)(H,28,32)/t20-/m0/s1. The zero-order chi connectivity index (χ0) is 25.2. The highest BCUT2D eigenvalue weighted by Crippen LogP contribution is 2.25. The van der Waals surface area contributed by atoms with Crippen molar-refractivity contribution < 1.29 is 23.6 Å². The highest BCUT2D eigenvalue weighted by Gasteiger charge is 2.35. The molecule has 0 saturated heterocycles. The second-order valence-corrected chi connectivity index (χ2v) is 9.13. The minimum Gasteiger partial charge on any atom is -0.357 e. The molecular weight excluding hydrogens is 427 g/mol. The third kappa shape index (κ3) is 5.30. The maximum atomic E-state index is 13.5. The molecule has 0 bridgehead atoms. The highest BCUT2D eigenvalue weighted by atomic mass is 19.1. The Morgan fingerprint density at radius 2 is 1.67 bits per heavy atom. The van der Waals surface area contributed by atoms with Crippen LogP contribution in [0.5, 0.6) is 0 Å². The minimum atomic E-state index is -0.941. The number of likely N-dealkylation sites (N-methyl/N-ethyl adjacent to an activating group) is 1. The van der Waals surface area contributed by atoms with E-state index in [1.54, 1.807) is 48.6 Å². The van der Waals surface area contributed by atoms with Crippen molar-refractivity contribution in [3.05, 3.63) is 52.1 Å². The molecule has 0 unspecified atom stereocenters. The van der Waals surface area contributed by atoms with Crippen molar-refractivity contribution in [1.82, 2.24) is 15.2 Å². The third-order valence-electron chi connectivity index (χ3n) is 5.64. The van der Waals surface area contributed by atoms with Crippen LogP contribution in [0.3, 0.4) is 0 Å². The summed E-state index contributed by atoms with van der Waals surface area (Å²) >= 11 is 0. The maximum absolute atomic E-state index is 13.5. The van der Waals surface area contributed by atoms with Crippen molar-refractivity contribution in [2.75, 3.05) is 12.4 Å². The fourth-order valence-corrected chi connectivity index (χ4v) is 3.67. The van der Waals surface area contributed by atoms with E-state index in [9.17, 15) is 23.6 Å². The van der Waals surface area contributed by atoms with Crippen LogP contribution in [-0.4, -0.2) is 41.2 Å². The number of anilines is 1. The zero-order valence-electron chi connectivity index (χ0n) is 20.3. The molecule has 0 saturated carbocycles. The number of hydrogen-bond acceptors (Lipinski definition) is 4. The molecule has 0 radical (unpaired) electrons. The SMILES string of the molecule is CNC(=O)[C@H](NC(=O)C(=O)c1c(C)c(C(=O)Nc2ccc(F)c(C)c2)c(C)n1C)C(C)(C)C. The van der Waals surface area contributed by atoms with Crippen molar-refractivity contribution in [2.24, 2.45) is 12.5 Å². The number of carbonyl (C=O) groups is 4. The van der Waals surface area contributed by atoms with E-state index in [1.807, 2.05) is 0 Å². The third-order valence-corrected chi connectivity index (χ3v) is 5.64. The minimum absolute atomic E-state index is 0.0509. The molecule has 1 aromatic carbocycles. The number of nitrogens with one attached hydrogen (secondary N) is 3. The number of aromatic nitrogens is 1. The Balaban J connectivity index is 2.36. The largest absolute Gasteiger partial charge is 0.357 e. The van der Waals surface area contributed by atoms with Crippen LogP contribution in [0.25, 0.3) is 0 Å². The van der Waals surface area contributed by atoms with Gasteiger partial charge in [0.15, 0.2) is 0 Å². The number of ketones is 1. The topological polar surface area (TPSA) is 109 Å². The summed E-state index contributed by atoms with van der Waals surface area (Å²) in [5, 5.41) is 7.72. The van der Waals surface area contributed by atoms with Crippen molar-refractivity contribution in [2.45, 2.75) is 47.6 Å². The van der Waals surface area contributed by atoms with Gasteiger partial charge in [-0.2, -0.15) is 0 Å². The summed E-state index contributed by atoms with van der Waals surface area (Å²) in [7, 11) is 3.04. The highest BCUT2D eigenvalue weighted by molar-refractivity contribution is 6.43. The summed E-state index contributed by atoms with van der Waals surface area (Å²) in [6.07, 6.45) is 0. The van der Waals surface area contributed by atoms with Gasteiger partial charge in [-0.05, 0) is 55.5 Å². The number of nitrogens with zero attached hydrogens (tertiary/aromatic N) is 1. The van der Waals surface area contributed by atoms with Crippen molar-refractivity contribution in [3.8, 4) is 0 Å². The average Bonchev–Trinajstić information content (AvgIpc) is 2.95. The molecule has 9 heteroatoms. The number of carbonyl (C=O) groups excluding carboxylic acids is 4. The Hall–Kier alpha value is -3.49. The molecule has 0 aliphatic carbocycles. The summed E-state index contributed by atoms with van der Waals surface area (Å²) in [4.78, 5) is 51.0. The predicted octanol–water partition coefficient (Wildman–Crippen LogP) is 2.80. The second-order valence-electron chi connectivity index (χ2n) is 9.13. The van der Waals surface area contributed by atoms with E-state index in [1.165, 1.54) is 29.8 Å². The van der Waals surface area contributed by atoms with Crippen LogP contribution in [0.15, 0.2) is 18.2 Å². The van der Waals surface area contributed by atoms with Crippen LogP contribution in [0.1, 0.15) is 58.4 Å².